The number of halogens is 2. The van der Waals surface area contributed by atoms with Crippen molar-refractivity contribution < 1.29 is 14.4 Å². The minimum Gasteiger partial charge on any atom is -0.364 e. The molecule has 2 aromatic rings. The third-order valence-corrected chi connectivity index (χ3v) is 7.21. The van der Waals surface area contributed by atoms with Crippen molar-refractivity contribution in [2.24, 2.45) is 0 Å². The zero-order valence-electron chi connectivity index (χ0n) is 19.8. The van der Waals surface area contributed by atoms with Gasteiger partial charge in [-0.2, -0.15) is 0 Å². The Morgan fingerprint density at radius 1 is 1.09 bits per heavy atom. The van der Waals surface area contributed by atoms with E-state index in [4.69, 9.17) is 23.2 Å². The first kappa shape index (κ1) is 24.3. The molecule has 6 nitrogen and oxygen atoms in total. The van der Waals surface area contributed by atoms with Gasteiger partial charge in [-0.15, -0.1) is 0 Å². The number of anilines is 2. The zero-order valence-corrected chi connectivity index (χ0v) is 21.3. The number of benzene rings is 2. The van der Waals surface area contributed by atoms with Crippen LogP contribution < -0.4 is 15.1 Å². The summed E-state index contributed by atoms with van der Waals surface area (Å²) in [6, 6.07) is 10.0. The Kier molecular flexibility index (Phi) is 6.25. The van der Waals surface area contributed by atoms with Crippen LogP contribution in [-0.2, 0) is 9.59 Å². The number of nitrogens with one attached hydrogen (secondary N) is 1. The number of rotatable bonds is 3. The first-order chi connectivity index (χ1) is 15.9. The molecular formula is C26H27Cl2N3O3. The van der Waals surface area contributed by atoms with Gasteiger partial charge in [0.1, 0.15) is 5.57 Å². The summed E-state index contributed by atoms with van der Waals surface area (Å²) in [5, 5.41) is 2.48. The topological polar surface area (TPSA) is 69.7 Å². The van der Waals surface area contributed by atoms with Crippen LogP contribution in [0.15, 0.2) is 42.0 Å². The van der Waals surface area contributed by atoms with E-state index in [1.807, 2.05) is 18.2 Å². The Morgan fingerprint density at radius 2 is 1.79 bits per heavy atom. The van der Waals surface area contributed by atoms with Crippen LogP contribution in [0.25, 0.3) is 6.08 Å². The second-order valence-corrected chi connectivity index (χ2v) is 10.5. The fourth-order valence-corrected chi connectivity index (χ4v) is 5.63. The highest BCUT2D eigenvalue weighted by atomic mass is 35.5. The molecule has 2 aliphatic heterocycles. The smallest absolute Gasteiger partial charge is 0.336 e. The van der Waals surface area contributed by atoms with Gasteiger partial charge in [-0.25, -0.2) is 9.69 Å². The minimum absolute atomic E-state index is 0.0108. The molecule has 0 aromatic heterocycles. The SMILES string of the molecule is CC(C)N1c2ccc(/C=C3\C(=O)NC(=O)N(c4cccc(Cl)c4Cl)C3=O)cc2[C@@H](C)CC1(C)C. The Bertz CT molecular complexity index is 1240. The molecule has 2 heterocycles. The summed E-state index contributed by atoms with van der Waals surface area (Å²) in [4.78, 5) is 41.6. The maximum Gasteiger partial charge on any atom is 0.336 e. The van der Waals surface area contributed by atoms with E-state index in [9.17, 15) is 14.4 Å². The molecule has 0 bridgehead atoms. The number of carbonyl (C=O) groups is 3. The van der Waals surface area contributed by atoms with Crippen molar-refractivity contribution in [3.63, 3.8) is 0 Å². The number of hydrogen-bond acceptors (Lipinski definition) is 4. The molecule has 1 saturated heterocycles. The first-order valence-electron chi connectivity index (χ1n) is 11.2. The highest BCUT2D eigenvalue weighted by molar-refractivity contribution is 6.46. The van der Waals surface area contributed by atoms with Crippen molar-refractivity contribution in [1.82, 2.24) is 5.32 Å². The van der Waals surface area contributed by atoms with E-state index in [1.54, 1.807) is 12.1 Å². The van der Waals surface area contributed by atoms with Gasteiger partial charge in [0, 0.05) is 17.3 Å². The quantitative estimate of drug-likeness (QED) is 0.405. The predicted octanol–water partition coefficient (Wildman–Crippen LogP) is 6.16. The molecule has 0 saturated carbocycles. The van der Waals surface area contributed by atoms with E-state index >= 15 is 0 Å². The molecule has 0 aliphatic carbocycles. The lowest BCUT2D eigenvalue weighted by atomic mass is 9.78. The fourth-order valence-electron chi connectivity index (χ4n) is 5.25. The van der Waals surface area contributed by atoms with Gasteiger partial charge in [-0.1, -0.05) is 42.3 Å². The van der Waals surface area contributed by atoms with Crippen LogP contribution in [0.2, 0.25) is 10.0 Å². The molecule has 1 fully saturated rings. The summed E-state index contributed by atoms with van der Waals surface area (Å²) in [7, 11) is 0. The summed E-state index contributed by atoms with van der Waals surface area (Å²) in [6.45, 7) is 11.0. The monoisotopic (exact) mass is 499 g/mol. The van der Waals surface area contributed by atoms with E-state index in [1.165, 1.54) is 12.1 Å². The second kappa shape index (κ2) is 8.75. The highest BCUT2D eigenvalue weighted by Gasteiger charge is 2.39. The van der Waals surface area contributed by atoms with E-state index in [2.05, 4.69) is 44.8 Å². The molecule has 0 spiro atoms. The molecule has 34 heavy (non-hydrogen) atoms. The Morgan fingerprint density at radius 3 is 2.47 bits per heavy atom. The molecule has 1 atom stereocenters. The third-order valence-electron chi connectivity index (χ3n) is 6.40. The van der Waals surface area contributed by atoms with Crippen LogP contribution in [0.3, 0.4) is 0 Å². The summed E-state index contributed by atoms with van der Waals surface area (Å²) in [6.07, 6.45) is 2.50. The zero-order chi connectivity index (χ0) is 24.9. The van der Waals surface area contributed by atoms with E-state index < -0.39 is 17.8 Å². The van der Waals surface area contributed by atoms with Crippen LogP contribution in [0.4, 0.5) is 16.2 Å². The van der Waals surface area contributed by atoms with Gasteiger partial charge in [0.15, 0.2) is 0 Å². The number of nitrogens with zero attached hydrogens (tertiary/aromatic N) is 2. The van der Waals surface area contributed by atoms with Gasteiger partial charge >= 0.3 is 6.03 Å². The maximum absolute atomic E-state index is 13.3. The van der Waals surface area contributed by atoms with E-state index in [-0.39, 0.29) is 26.8 Å². The largest absolute Gasteiger partial charge is 0.364 e. The Balaban J connectivity index is 1.76. The van der Waals surface area contributed by atoms with Crippen LogP contribution >= 0.6 is 23.2 Å². The number of fused-ring (bicyclic) bond motifs is 1. The number of amides is 4. The van der Waals surface area contributed by atoms with Gasteiger partial charge in [-0.05, 0) is 81.5 Å². The molecule has 2 aliphatic rings. The van der Waals surface area contributed by atoms with Gasteiger partial charge in [0.25, 0.3) is 11.8 Å². The lowest BCUT2D eigenvalue weighted by Crippen LogP contribution is -2.54. The molecule has 178 valence electrons. The van der Waals surface area contributed by atoms with Crippen LogP contribution in [0.1, 0.15) is 58.1 Å². The number of barbiturate groups is 1. The maximum atomic E-state index is 13.3. The van der Waals surface area contributed by atoms with Crippen molar-refractivity contribution in [3.05, 3.63) is 63.1 Å². The summed E-state index contributed by atoms with van der Waals surface area (Å²) in [5.41, 5.74) is 3.00. The summed E-state index contributed by atoms with van der Waals surface area (Å²) >= 11 is 12.3. The number of hydrogen-bond donors (Lipinski definition) is 1. The lowest BCUT2D eigenvalue weighted by Gasteiger charge is -2.50. The Labute approximate surface area is 209 Å². The van der Waals surface area contributed by atoms with Crippen molar-refractivity contribution in [2.45, 2.75) is 58.5 Å². The second-order valence-electron chi connectivity index (χ2n) is 9.73. The van der Waals surface area contributed by atoms with Crippen molar-refractivity contribution in [2.75, 3.05) is 9.80 Å². The van der Waals surface area contributed by atoms with Gasteiger partial charge < -0.3 is 4.90 Å². The van der Waals surface area contributed by atoms with Gasteiger partial charge in [-0.3, -0.25) is 14.9 Å². The normalized spacial score (nSPS) is 21.2. The van der Waals surface area contributed by atoms with Gasteiger partial charge in [0.2, 0.25) is 0 Å². The molecule has 0 unspecified atom stereocenters. The highest BCUT2D eigenvalue weighted by Crippen LogP contribution is 2.45. The lowest BCUT2D eigenvalue weighted by molar-refractivity contribution is -0.122. The molecule has 1 N–H and O–H groups in total. The average molecular weight is 500 g/mol. The van der Waals surface area contributed by atoms with Crippen molar-refractivity contribution >= 4 is 58.5 Å². The molecule has 2 aromatic carbocycles. The number of imide groups is 2. The van der Waals surface area contributed by atoms with E-state index in [0.29, 0.717) is 17.5 Å². The standard InChI is InChI=1S/C26H27Cl2N3O3/c1-14(2)31-20-10-9-16(11-17(20)15(3)13-26(31,4)5)12-18-23(32)29-25(34)30(24(18)33)21-8-6-7-19(27)22(21)28/h6-12,14-15H,13H2,1-5H3,(H,29,32,34)/b18-12+/t15-/m0/s1. The van der Waals surface area contributed by atoms with Crippen molar-refractivity contribution in [1.29, 1.82) is 0 Å². The van der Waals surface area contributed by atoms with Crippen LogP contribution in [0.5, 0.6) is 0 Å². The van der Waals surface area contributed by atoms with Crippen LogP contribution in [-0.4, -0.2) is 29.4 Å². The average Bonchev–Trinajstić information content (AvgIpc) is 2.73. The number of carbonyl (C=O) groups excluding carboxylic acids is 3. The Hall–Kier alpha value is -2.83. The first-order valence-corrected chi connectivity index (χ1v) is 12.0. The fraction of sp³-hybridized carbons (Fsp3) is 0.346. The molecule has 0 radical (unpaired) electrons. The van der Waals surface area contributed by atoms with Crippen LogP contribution in [0, 0.1) is 0 Å². The van der Waals surface area contributed by atoms with Gasteiger partial charge in [0.05, 0.1) is 15.7 Å². The third kappa shape index (κ3) is 4.10. The molecule has 4 amide bonds. The van der Waals surface area contributed by atoms with Crippen molar-refractivity contribution in [3.8, 4) is 0 Å². The molecule has 8 heteroatoms. The minimum atomic E-state index is -0.870. The molecular weight excluding hydrogens is 473 g/mol. The predicted molar refractivity (Wildman–Crippen MR) is 137 cm³/mol. The molecule has 4 rings (SSSR count). The number of urea groups is 1. The van der Waals surface area contributed by atoms with E-state index in [0.717, 1.165) is 22.6 Å². The summed E-state index contributed by atoms with van der Waals surface area (Å²) in [5.74, 6) is -1.20. The summed E-state index contributed by atoms with van der Waals surface area (Å²) < 4.78 is 0.